The van der Waals surface area contributed by atoms with E-state index in [1.807, 2.05) is 0 Å². The summed E-state index contributed by atoms with van der Waals surface area (Å²) < 4.78 is 0.485. The van der Waals surface area contributed by atoms with Crippen LogP contribution in [0.5, 0.6) is 0 Å². The molecule has 0 unspecified atom stereocenters. The van der Waals surface area contributed by atoms with Crippen LogP contribution in [-0.2, 0) is 4.79 Å². The predicted molar refractivity (Wildman–Crippen MR) is 90.2 cm³/mol. The third-order valence-corrected chi connectivity index (χ3v) is 4.56. The molecule has 0 aromatic carbocycles. The first kappa shape index (κ1) is 20.7. The summed E-state index contributed by atoms with van der Waals surface area (Å²) in [4.78, 5) is 10.8. The quantitative estimate of drug-likeness (QED) is 0.275. The molecule has 114 valence electrons. The van der Waals surface area contributed by atoms with Gasteiger partial charge in [-0.15, -0.1) is 0 Å². The van der Waals surface area contributed by atoms with Gasteiger partial charge in [-0.2, -0.15) is 0 Å². The van der Waals surface area contributed by atoms with Gasteiger partial charge in [0, 0.05) is 0 Å². The van der Waals surface area contributed by atoms with Crippen LogP contribution < -0.4 is 0 Å². The van der Waals surface area contributed by atoms with Crippen LogP contribution in [0.3, 0.4) is 0 Å². The Kier molecular flexibility index (Phi) is 16.6. The van der Waals surface area contributed by atoms with E-state index in [0.29, 0.717) is 3.03 Å². The van der Waals surface area contributed by atoms with Crippen LogP contribution in [-0.4, -0.2) is 31.0 Å². The summed E-state index contributed by atoms with van der Waals surface area (Å²) >= 11 is 0.750. The topological polar surface area (TPSA) is 17.1 Å². The summed E-state index contributed by atoms with van der Waals surface area (Å²) in [5, 5.41) is 0. The van der Waals surface area contributed by atoms with Crippen molar-refractivity contribution in [1.29, 1.82) is 0 Å². The van der Waals surface area contributed by atoms with E-state index in [9.17, 15) is 4.79 Å². The Labute approximate surface area is 145 Å². The van der Waals surface area contributed by atoms with Gasteiger partial charge in [-0.05, 0) is 5.92 Å². The molecule has 0 radical (unpaired) electrons. The molecule has 0 bridgehead atoms. The van der Waals surface area contributed by atoms with Crippen molar-refractivity contribution < 1.29 is 4.79 Å². The molecule has 0 aliphatic heterocycles. The van der Waals surface area contributed by atoms with Gasteiger partial charge in [-0.1, -0.05) is 33.1 Å². The zero-order valence-electron chi connectivity index (χ0n) is 14.4. The molecule has 0 aliphatic carbocycles. The van der Waals surface area contributed by atoms with E-state index < -0.39 is 0 Å². The van der Waals surface area contributed by atoms with E-state index in [0.717, 1.165) is 46.7 Å². The third kappa shape index (κ3) is 18.7. The first-order chi connectivity index (χ1) is 9.63. The SMILES string of the molecule is CC(C)CCCCCCCCCCCCCC[C](=O)[Na]. The molecule has 0 spiro atoms. The third-order valence-electron chi connectivity index (χ3n) is 4.06. The first-order valence-electron chi connectivity index (χ1n) is 9.12. The van der Waals surface area contributed by atoms with Gasteiger partial charge in [0.1, 0.15) is 0 Å². The molecule has 0 atom stereocenters. The minimum atomic E-state index is 0.485. The van der Waals surface area contributed by atoms with Crippen molar-refractivity contribution in [2.24, 2.45) is 5.92 Å². The molecule has 0 amide bonds. The van der Waals surface area contributed by atoms with Crippen LogP contribution in [0.1, 0.15) is 104 Å². The fraction of sp³-hybridized carbons (Fsp3) is 0.944. The van der Waals surface area contributed by atoms with Gasteiger partial charge in [0.15, 0.2) is 0 Å². The summed E-state index contributed by atoms with van der Waals surface area (Å²) in [6.45, 7) is 4.64. The summed E-state index contributed by atoms with van der Waals surface area (Å²) in [5.74, 6) is 0.882. The number of hydrogen-bond acceptors (Lipinski definition) is 1. The van der Waals surface area contributed by atoms with E-state index >= 15 is 0 Å². The molecular formula is C18H35NaO. The van der Waals surface area contributed by atoms with Gasteiger partial charge in [-0.3, -0.25) is 0 Å². The Morgan fingerprint density at radius 2 is 1.05 bits per heavy atom. The Bertz CT molecular complexity index is 213. The number of hydrogen-bond donors (Lipinski definition) is 0. The average Bonchev–Trinajstić information content (AvgIpc) is 2.38. The summed E-state index contributed by atoms with van der Waals surface area (Å²) in [7, 11) is 0. The van der Waals surface area contributed by atoms with E-state index in [-0.39, 0.29) is 0 Å². The zero-order chi connectivity index (χ0) is 15.1. The van der Waals surface area contributed by atoms with Gasteiger partial charge in [-0.25, -0.2) is 0 Å². The first-order valence-corrected chi connectivity index (χ1v) is 10.1. The predicted octanol–water partition coefficient (Wildman–Crippen LogP) is 5.80. The van der Waals surface area contributed by atoms with Gasteiger partial charge in [0.25, 0.3) is 0 Å². The van der Waals surface area contributed by atoms with Crippen molar-refractivity contribution in [2.75, 3.05) is 0 Å². The Hall–Kier alpha value is 0.670. The van der Waals surface area contributed by atoms with Gasteiger partial charge >= 0.3 is 106 Å². The monoisotopic (exact) mass is 290 g/mol. The fourth-order valence-corrected chi connectivity index (χ4v) is 3.05. The second-order valence-corrected chi connectivity index (χ2v) is 7.99. The molecule has 0 heterocycles. The Morgan fingerprint density at radius 1 is 0.700 bits per heavy atom. The fourth-order valence-electron chi connectivity index (χ4n) is 2.69. The molecule has 0 saturated carbocycles. The van der Waals surface area contributed by atoms with Crippen molar-refractivity contribution in [3.05, 3.63) is 0 Å². The molecule has 0 N–H and O–H groups in total. The molecule has 2 heteroatoms. The van der Waals surface area contributed by atoms with E-state index in [2.05, 4.69) is 13.8 Å². The van der Waals surface area contributed by atoms with E-state index in [1.54, 1.807) is 0 Å². The van der Waals surface area contributed by atoms with E-state index in [4.69, 9.17) is 0 Å². The Morgan fingerprint density at radius 3 is 1.40 bits per heavy atom. The number of carbonyl (C=O) groups excluding carboxylic acids is 1. The van der Waals surface area contributed by atoms with Crippen molar-refractivity contribution in [2.45, 2.75) is 104 Å². The van der Waals surface area contributed by atoms with Crippen molar-refractivity contribution in [1.82, 2.24) is 0 Å². The van der Waals surface area contributed by atoms with Gasteiger partial charge < -0.3 is 0 Å². The molecule has 0 saturated heterocycles. The Balaban J connectivity index is 2.97. The standard InChI is InChI=1S/C18H35O.Na/c1-18(2)16-14-12-10-8-6-4-3-5-7-9-11-13-15-17-19;/h18H,3-16H2,1-2H3;. The van der Waals surface area contributed by atoms with Crippen molar-refractivity contribution in [3.63, 3.8) is 0 Å². The van der Waals surface area contributed by atoms with Crippen LogP contribution >= 0.6 is 0 Å². The summed E-state index contributed by atoms with van der Waals surface area (Å²) in [6.07, 6.45) is 18.8. The minimum absolute atomic E-state index is 0.485. The normalized spacial score (nSPS) is 11.2. The molecule has 0 fully saturated rings. The molecule has 0 aliphatic rings. The van der Waals surface area contributed by atoms with Crippen LogP contribution in [0, 0.1) is 5.92 Å². The molecular weight excluding hydrogens is 255 g/mol. The number of rotatable bonds is 15. The summed E-state index contributed by atoms with van der Waals surface area (Å²) in [5.41, 5.74) is 0. The second-order valence-electron chi connectivity index (χ2n) is 6.88. The molecule has 1 nitrogen and oxygen atoms in total. The molecule has 0 rings (SSSR count). The molecule has 0 aromatic heterocycles. The number of carbonyl (C=O) groups is 1. The van der Waals surface area contributed by atoms with Crippen LogP contribution in [0.15, 0.2) is 0 Å². The van der Waals surface area contributed by atoms with Crippen molar-refractivity contribution in [3.8, 4) is 0 Å². The maximum absolute atomic E-state index is 10.8. The van der Waals surface area contributed by atoms with E-state index in [1.165, 1.54) is 77.0 Å². The molecule has 0 aromatic rings. The maximum atomic E-state index is 10.8. The summed E-state index contributed by atoms with van der Waals surface area (Å²) in [6, 6.07) is 0. The van der Waals surface area contributed by atoms with Crippen LogP contribution in [0.2, 0.25) is 0 Å². The van der Waals surface area contributed by atoms with Crippen LogP contribution in [0.4, 0.5) is 0 Å². The number of unbranched alkanes of at least 4 members (excludes halogenated alkanes) is 11. The zero-order valence-corrected chi connectivity index (χ0v) is 16.4. The second kappa shape index (κ2) is 16.0. The molecule has 20 heavy (non-hydrogen) atoms. The van der Waals surface area contributed by atoms with Gasteiger partial charge in [0.2, 0.25) is 0 Å². The van der Waals surface area contributed by atoms with Crippen molar-refractivity contribution >= 4 is 31.0 Å². The van der Waals surface area contributed by atoms with Gasteiger partial charge in [0.05, 0.1) is 0 Å². The van der Waals surface area contributed by atoms with Crippen LogP contribution in [0.25, 0.3) is 0 Å². The average molecular weight is 290 g/mol.